The standard InChI is InChI=1S/C12H14N4O2/c1-9-5-4-6-10(7-9)16-12(18)15(8-13-16)11(17)14(2)3/h4-8H,1-3H3. The van der Waals surface area contributed by atoms with Crippen LogP contribution in [0, 0.1) is 6.92 Å². The summed E-state index contributed by atoms with van der Waals surface area (Å²) in [5, 5.41) is 3.95. The van der Waals surface area contributed by atoms with E-state index in [4.69, 9.17) is 0 Å². The lowest BCUT2D eigenvalue weighted by Crippen LogP contribution is -2.35. The summed E-state index contributed by atoms with van der Waals surface area (Å²) in [7, 11) is 3.16. The molecule has 0 atom stereocenters. The molecule has 0 saturated heterocycles. The van der Waals surface area contributed by atoms with Crippen molar-refractivity contribution in [2.24, 2.45) is 0 Å². The SMILES string of the molecule is Cc1cccc(-n2ncn(C(=O)N(C)C)c2=O)c1. The molecule has 6 nitrogen and oxygen atoms in total. The van der Waals surface area contributed by atoms with Crippen molar-refractivity contribution in [3.05, 3.63) is 46.6 Å². The Labute approximate surface area is 104 Å². The van der Waals surface area contributed by atoms with Crippen LogP contribution in [0.15, 0.2) is 35.4 Å². The van der Waals surface area contributed by atoms with Gasteiger partial charge in [-0.05, 0) is 24.6 Å². The fraction of sp³-hybridized carbons (Fsp3) is 0.250. The normalized spacial score (nSPS) is 10.4. The quantitative estimate of drug-likeness (QED) is 0.750. The van der Waals surface area contributed by atoms with Crippen molar-refractivity contribution in [1.29, 1.82) is 0 Å². The molecule has 0 radical (unpaired) electrons. The van der Waals surface area contributed by atoms with Crippen LogP contribution >= 0.6 is 0 Å². The lowest BCUT2D eigenvalue weighted by Gasteiger charge is -2.08. The first-order valence-electron chi connectivity index (χ1n) is 5.46. The van der Waals surface area contributed by atoms with E-state index >= 15 is 0 Å². The molecule has 2 rings (SSSR count). The Morgan fingerprint density at radius 2 is 2.06 bits per heavy atom. The van der Waals surface area contributed by atoms with Gasteiger partial charge in [0, 0.05) is 14.1 Å². The monoisotopic (exact) mass is 246 g/mol. The highest BCUT2D eigenvalue weighted by Gasteiger charge is 2.14. The number of carbonyl (C=O) groups is 1. The summed E-state index contributed by atoms with van der Waals surface area (Å²) in [4.78, 5) is 25.1. The minimum Gasteiger partial charge on any atom is -0.330 e. The second-order valence-corrected chi connectivity index (χ2v) is 4.21. The van der Waals surface area contributed by atoms with Crippen LogP contribution < -0.4 is 5.69 Å². The van der Waals surface area contributed by atoms with E-state index in [1.165, 1.54) is 15.9 Å². The van der Waals surface area contributed by atoms with Gasteiger partial charge in [0.25, 0.3) is 0 Å². The molecule has 0 aliphatic carbocycles. The number of aryl methyl sites for hydroxylation is 1. The zero-order chi connectivity index (χ0) is 13.3. The zero-order valence-corrected chi connectivity index (χ0v) is 10.5. The van der Waals surface area contributed by atoms with Crippen molar-refractivity contribution in [3.8, 4) is 5.69 Å². The highest BCUT2D eigenvalue weighted by atomic mass is 16.2. The summed E-state index contributed by atoms with van der Waals surface area (Å²) in [6.07, 6.45) is 1.23. The Kier molecular flexibility index (Phi) is 3.01. The number of hydrogen-bond acceptors (Lipinski definition) is 3. The van der Waals surface area contributed by atoms with Crippen LogP contribution in [0.2, 0.25) is 0 Å². The molecule has 1 aromatic heterocycles. The Morgan fingerprint density at radius 3 is 2.67 bits per heavy atom. The van der Waals surface area contributed by atoms with E-state index in [1.54, 1.807) is 20.2 Å². The molecule has 0 fully saturated rings. The second-order valence-electron chi connectivity index (χ2n) is 4.21. The predicted molar refractivity (Wildman–Crippen MR) is 67.0 cm³/mol. The Morgan fingerprint density at radius 1 is 1.33 bits per heavy atom. The molecule has 1 aromatic carbocycles. The molecule has 1 amide bonds. The van der Waals surface area contributed by atoms with Crippen LogP contribution in [0.5, 0.6) is 0 Å². The fourth-order valence-corrected chi connectivity index (χ4v) is 1.59. The number of hydrogen-bond donors (Lipinski definition) is 0. The molecule has 18 heavy (non-hydrogen) atoms. The molecule has 0 aliphatic heterocycles. The Balaban J connectivity index is 2.50. The zero-order valence-electron chi connectivity index (χ0n) is 10.5. The predicted octanol–water partition coefficient (Wildman–Crippen LogP) is 0.872. The second kappa shape index (κ2) is 4.48. The minimum absolute atomic E-state index is 0.418. The summed E-state index contributed by atoms with van der Waals surface area (Å²) in [6, 6.07) is 6.95. The maximum atomic E-state index is 12.0. The summed E-state index contributed by atoms with van der Waals surface area (Å²) < 4.78 is 2.18. The van der Waals surface area contributed by atoms with Gasteiger partial charge >= 0.3 is 11.7 Å². The number of rotatable bonds is 1. The third-order valence-electron chi connectivity index (χ3n) is 2.50. The van der Waals surface area contributed by atoms with Gasteiger partial charge in [0.15, 0.2) is 0 Å². The molecule has 1 heterocycles. The maximum absolute atomic E-state index is 12.0. The van der Waals surface area contributed by atoms with E-state index in [2.05, 4.69) is 5.10 Å². The Bertz CT molecular complexity index is 640. The van der Waals surface area contributed by atoms with E-state index < -0.39 is 11.7 Å². The van der Waals surface area contributed by atoms with Crippen LogP contribution in [0.25, 0.3) is 5.69 Å². The molecular formula is C12H14N4O2. The Hall–Kier alpha value is -2.37. The van der Waals surface area contributed by atoms with E-state index in [9.17, 15) is 9.59 Å². The van der Waals surface area contributed by atoms with Gasteiger partial charge in [-0.3, -0.25) is 0 Å². The van der Waals surface area contributed by atoms with Gasteiger partial charge in [0.2, 0.25) is 0 Å². The third-order valence-corrected chi connectivity index (χ3v) is 2.50. The van der Waals surface area contributed by atoms with Crippen molar-refractivity contribution in [3.63, 3.8) is 0 Å². The molecule has 0 unspecified atom stereocenters. The van der Waals surface area contributed by atoms with Crippen molar-refractivity contribution >= 4 is 6.03 Å². The summed E-state index contributed by atoms with van der Waals surface area (Å²) in [5.74, 6) is 0. The fourth-order valence-electron chi connectivity index (χ4n) is 1.59. The van der Waals surface area contributed by atoms with Crippen LogP contribution in [-0.2, 0) is 0 Å². The first-order chi connectivity index (χ1) is 8.50. The van der Waals surface area contributed by atoms with Crippen LogP contribution in [0.4, 0.5) is 4.79 Å². The first-order valence-corrected chi connectivity index (χ1v) is 5.46. The minimum atomic E-state index is -0.473. The summed E-state index contributed by atoms with van der Waals surface area (Å²) in [6.45, 7) is 1.93. The van der Waals surface area contributed by atoms with E-state index in [0.717, 1.165) is 10.1 Å². The van der Waals surface area contributed by atoms with Gasteiger partial charge in [0.05, 0.1) is 5.69 Å². The number of amides is 1. The molecule has 2 aromatic rings. The van der Waals surface area contributed by atoms with E-state index in [0.29, 0.717) is 5.69 Å². The maximum Gasteiger partial charge on any atom is 0.358 e. The topological polar surface area (TPSA) is 60.1 Å². The van der Waals surface area contributed by atoms with Gasteiger partial charge in [-0.1, -0.05) is 12.1 Å². The smallest absolute Gasteiger partial charge is 0.330 e. The van der Waals surface area contributed by atoms with Gasteiger partial charge < -0.3 is 4.90 Å². The summed E-state index contributed by atoms with van der Waals surface area (Å²) >= 11 is 0. The van der Waals surface area contributed by atoms with Gasteiger partial charge in [-0.15, -0.1) is 0 Å². The van der Waals surface area contributed by atoms with Crippen molar-refractivity contribution in [2.75, 3.05) is 14.1 Å². The summed E-state index contributed by atoms with van der Waals surface area (Å²) in [5.41, 5.74) is 1.19. The van der Waals surface area contributed by atoms with E-state index in [1.807, 2.05) is 25.1 Å². The van der Waals surface area contributed by atoms with Crippen LogP contribution in [0.3, 0.4) is 0 Å². The number of aromatic nitrogens is 3. The average molecular weight is 246 g/mol. The number of nitrogens with zero attached hydrogens (tertiary/aromatic N) is 4. The number of carbonyl (C=O) groups excluding carboxylic acids is 1. The van der Waals surface area contributed by atoms with Gasteiger partial charge in [-0.25, -0.2) is 9.59 Å². The van der Waals surface area contributed by atoms with Crippen LogP contribution in [0.1, 0.15) is 5.56 Å². The molecule has 0 saturated carbocycles. The van der Waals surface area contributed by atoms with E-state index in [-0.39, 0.29) is 0 Å². The molecule has 0 N–H and O–H groups in total. The molecule has 94 valence electrons. The molecule has 0 spiro atoms. The largest absolute Gasteiger partial charge is 0.358 e. The highest BCUT2D eigenvalue weighted by Crippen LogP contribution is 2.06. The van der Waals surface area contributed by atoms with Crippen LogP contribution in [-0.4, -0.2) is 39.4 Å². The van der Waals surface area contributed by atoms with Crippen molar-refractivity contribution < 1.29 is 4.79 Å². The highest BCUT2D eigenvalue weighted by molar-refractivity contribution is 5.75. The van der Waals surface area contributed by atoms with Gasteiger partial charge in [-0.2, -0.15) is 14.3 Å². The van der Waals surface area contributed by atoms with Crippen molar-refractivity contribution in [1.82, 2.24) is 19.2 Å². The lowest BCUT2D eigenvalue weighted by molar-refractivity contribution is 0.218. The first kappa shape index (κ1) is 12.1. The average Bonchev–Trinajstić information content (AvgIpc) is 2.70. The lowest BCUT2D eigenvalue weighted by atomic mass is 10.2. The third kappa shape index (κ3) is 2.04. The van der Waals surface area contributed by atoms with Gasteiger partial charge in [0.1, 0.15) is 6.33 Å². The molecule has 6 heteroatoms. The molecule has 0 aliphatic rings. The molecular weight excluding hydrogens is 232 g/mol. The van der Waals surface area contributed by atoms with Crippen molar-refractivity contribution in [2.45, 2.75) is 6.92 Å². The number of benzene rings is 1. The molecule has 0 bridgehead atoms.